The van der Waals surface area contributed by atoms with Crippen LogP contribution in [0.2, 0.25) is 0 Å². The van der Waals surface area contributed by atoms with Crippen LogP contribution in [-0.4, -0.2) is 61.9 Å². The van der Waals surface area contributed by atoms with Gasteiger partial charge in [-0.15, -0.1) is 5.10 Å². The summed E-state index contributed by atoms with van der Waals surface area (Å²) in [6.45, 7) is 9.27. The summed E-state index contributed by atoms with van der Waals surface area (Å²) in [5, 5.41) is 12.3. The van der Waals surface area contributed by atoms with Crippen molar-refractivity contribution in [3.8, 4) is 5.69 Å². The highest BCUT2D eigenvalue weighted by atomic mass is 32.2. The maximum atomic E-state index is 12.9. The van der Waals surface area contributed by atoms with Crippen molar-refractivity contribution in [2.75, 3.05) is 19.7 Å². The van der Waals surface area contributed by atoms with Gasteiger partial charge in [0.15, 0.2) is 0 Å². The SMILES string of the molecule is CCOC(=O)C1CCN(C(=O)[C@H](C)Sc2nnnn2-c2cccc(C)c2C)CC1. The van der Waals surface area contributed by atoms with E-state index in [2.05, 4.69) is 15.5 Å². The van der Waals surface area contributed by atoms with Gasteiger partial charge in [-0.25, -0.2) is 0 Å². The Morgan fingerprint density at radius 1 is 1.28 bits per heavy atom. The number of carbonyl (C=O) groups is 2. The fourth-order valence-electron chi connectivity index (χ4n) is 3.43. The van der Waals surface area contributed by atoms with Crippen LogP contribution in [0.1, 0.15) is 37.8 Å². The predicted octanol–water partition coefficient (Wildman–Crippen LogP) is 2.56. The van der Waals surface area contributed by atoms with E-state index in [1.54, 1.807) is 11.6 Å². The van der Waals surface area contributed by atoms with Crippen LogP contribution in [0.4, 0.5) is 0 Å². The van der Waals surface area contributed by atoms with E-state index >= 15 is 0 Å². The van der Waals surface area contributed by atoms with Crippen molar-refractivity contribution in [1.82, 2.24) is 25.1 Å². The third kappa shape index (κ3) is 4.77. The Bertz CT molecular complexity index is 877. The number of aryl methyl sites for hydroxylation is 1. The number of tetrazole rings is 1. The number of piperidine rings is 1. The van der Waals surface area contributed by atoms with Crippen molar-refractivity contribution in [3.63, 3.8) is 0 Å². The molecule has 0 saturated carbocycles. The molecule has 0 spiro atoms. The number of thioether (sulfide) groups is 1. The summed E-state index contributed by atoms with van der Waals surface area (Å²) < 4.78 is 6.78. The molecule has 156 valence electrons. The number of ether oxygens (including phenoxy) is 1. The molecule has 0 bridgehead atoms. The molecule has 1 saturated heterocycles. The minimum Gasteiger partial charge on any atom is -0.466 e. The zero-order valence-electron chi connectivity index (χ0n) is 17.3. The molecule has 0 N–H and O–H groups in total. The Hall–Kier alpha value is -2.42. The van der Waals surface area contributed by atoms with Gasteiger partial charge in [0.05, 0.1) is 23.5 Å². The number of benzene rings is 1. The first-order valence-electron chi connectivity index (χ1n) is 9.89. The van der Waals surface area contributed by atoms with E-state index in [1.165, 1.54) is 11.8 Å². The third-order valence-corrected chi connectivity index (χ3v) is 6.32. The van der Waals surface area contributed by atoms with Crippen molar-refractivity contribution in [2.24, 2.45) is 5.92 Å². The molecule has 0 radical (unpaired) electrons. The maximum Gasteiger partial charge on any atom is 0.309 e. The summed E-state index contributed by atoms with van der Waals surface area (Å²) in [5.74, 6) is -0.235. The lowest BCUT2D eigenvalue weighted by Gasteiger charge is -2.32. The first-order chi connectivity index (χ1) is 13.9. The Labute approximate surface area is 175 Å². The van der Waals surface area contributed by atoms with Crippen LogP contribution in [-0.2, 0) is 14.3 Å². The van der Waals surface area contributed by atoms with Gasteiger partial charge in [0.1, 0.15) is 0 Å². The van der Waals surface area contributed by atoms with Crippen molar-refractivity contribution in [3.05, 3.63) is 29.3 Å². The second-order valence-electron chi connectivity index (χ2n) is 7.20. The normalized spacial score (nSPS) is 15.9. The molecule has 3 rings (SSSR count). The number of likely N-dealkylation sites (tertiary alicyclic amines) is 1. The number of hydrogen-bond donors (Lipinski definition) is 0. The fraction of sp³-hybridized carbons (Fsp3) is 0.550. The maximum absolute atomic E-state index is 12.9. The second kappa shape index (κ2) is 9.39. The van der Waals surface area contributed by atoms with Gasteiger partial charge in [-0.05, 0) is 68.2 Å². The molecule has 29 heavy (non-hydrogen) atoms. The van der Waals surface area contributed by atoms with Crippen LogP contribution in [0.3, 0.4) is 0 Å². The lowest BCUT2D eigenvalue weighted by atomic mass is 9.97. The van der Waals surface area contributed by atoms with Crippen LogP contribution >= 0.6 is 11.8 Å². The third-order valence-electron chi connectivity index (χ3n) is 5.30. The van der Waals surface area contributed by atoms with Crippen LogP contribution in [0.5, 0.6) is 0 Å². The minimum absolute atomic E-state index is 0.0350. The average Bonchev–Trinajstić information content (AvgIpc) is 3.17. The summed E-state index contributed by atoms with van der Waals surface area (Å²) in [5.41, 5.74) is 3.16. The van der Waals surface area contributed by atoms with Crippen LogP contribution in [0.15, 0.2) is 23.4 Å². The molecular formula is C20H27N5O3S. The molecular weight excluding hydrogens is 390 g/mol. The monoisotopic (exact) mass is 417 g/mol. The van der Waals surface area contributed by atoms with E-state index in [0.717, 1.165) is 16.8 Å². The van der Waals surface area contributed by atoms with E-state index in [1.807, 2.05) is 43.9 Å². The lowest BCUT2D eigenvalue weighted by Crippen LogP contribution is -2.43. The van der Waals surface area contributed by atoms with Gasteiger partial charge < -0.3 is 9.64 Å². The summed E-state index contributed by atoms with van der Waals surface area (Å²) in [6, 6.07) is 5.98. The van der Waals surface area contributed by atoms with E-state index < -0.39 is 0 Å². The predicted molar refractivity (Wildman–Crippen MR) is 110 cm³/mol. The van der Waals surface area contributed by atoms with Crippen molar-refractivity contribution in [2.45, 2.75) is 50.9 Å². The van der Waals surface area contributed by atoms with E-state index in [4.69, 9.17) is 4.74 Å². The van der Waals surface area contributed by atoms with Gasteiger partial charge in [-0.2, -0.15) is 4.68 Å². The summed E-state index contributed by atoms with van der Waals surface area (Å²) in [4.78, 5) is 26.6. The van der Waals surface area contributed by atoms with Crippen molar-refractivity contribution >= 4 is 23.6 Å². The molecule has 1 aliphatic rings. The number of aromatic nitrogens is 4. The number of carbonyl (C=O) groups excluding carboxylic acids is 2. The van der Waals surface area contributed by atoms with Gasteiger partial charge in [0.25, 0.3) is 0 Å². The highest BCUT2D eigenvalue weighted by molar-refractivity contribution is 8.00. The molecule has 1 fully saturated rings. The molecule has 2 aromatic rings. The van der Waals surface area contributed by atoms with Gasteiger partial charge in [-0.1, -0.05) is 23.9 Å². The molecule has 1 aromatic carbocycles. The number of amides is 1. The molecule has 1 atom stereocenters. The zero-order valence-corrected chi connectivity index (χ0v) is 18.1. The van der Waals surface area contributed by atoms with E-state index in [-0.39, 0.29) is 23.0 Å². The van der Waals surface area contributed by atoms with Crippen molar-refractivity contribution < 1.29 is 14.3 Å². The molecule has 0 unspecified atom stereocenters. The summed E-state index contributed by atoms with van der Waals surface area (Å²) >= 11 is 1.35. The molecule has 2 heterocycles. The largest absolute Gasteiger partial charge is 0.466 e. The molecule has 9 heteroatoms. The van der Waals surface area contributed by atoms with E-state index in [0.29, 0.717) is 37.7 Å². The van der Waals surface area contributed by atoms with E-state index in [9.17, 15) is 9.59 Å². The Morgan fingerprint density at radius 2 is 2.00 bits per heavy atom. The standard InChI is InChI=1S/C20H27N5O3S/c1-5-28-19(27)16-9-11-24(12-10-16)18(26)15(4)29-20-21-22-23-25(20)17-8-6-7-13(2)14(17)3/h6-8,15-16H,5,9-12H2,1-4H3/t15-/m0/s1. The molecule has 1 aliphatic heterocycles. The van der Waals surface area contributed by atoms with Crippen LogP contribution in [0.25, 0.3) is 5.69 Å². The van der Waals surface area contributed by atoms with Gasteiger partial charge in [-0.3, -0.25) is 9.59 Å². The van der Waals surface area contributed by atoms with Gasteiger partial charge >= 0.3 is 5.97 Å². The Morgan fingerprint density at radius 3 is 2.69 bits per heavy atom. The Kier molecular flexibility index (Phi) is 6.89. The number of esters is 1. The number of rotatable bonds is 6. The first-order valence-corrected chi connectivity index (χ1v) is 10.8. The van der Waals surface area contributed by atoms with Crippen LogP contribution < -0.4 is 0 Å². The van der Waals surface area contributed by atoms with Crippen LogP contribution in [0, 0.1) is 19.8 Å². The summed E-state index contributed by atoms with van der Waals surface area (Å²) in [7, 11) is 0. The highest BCUT2D eigenvalue weighted by Gasteiger charge is 2.31. The molecule has 8 nitrogen and oxygen atoms in total. The summed E-state index contributed by atoms with van der Waals surface area (Å²) in [6.07, 6.45) is 1.28. The topological polar surface area (TPSA) is 90.2 Å². The smallest absolute Gasteiger partial charge is 0.309 e. The first kappa shape index (κ1) is 21.3. The quantitative estimate of drug-likeness (QED) is 0.527. The highest BCUT2D eigenvalue weighted by Crippen LogP contribution is 2.27. The van der Waals surface area contributed by atoms with Gasteiger partial charge in [0.2, 0.25) is 11.1 Å². The van der Waals surface area contributed by atoms with Crippen molar-refractivity contribution in [1.29, 1.82) is 0 Å². The van der Waals surface area contributed by atoms with Gasteiger partial charge in [0, 0.05) is 13.1 Å². The molecule has 0 aliphatic carbocycles. The second-order valence-corrected chi connectivity index (χ2v) is 8.51. The molecule has 1 amide bonds. The Balaban J connectivity index is 1.64. The number of nitrogens with zero attached hydrogens (tertiary/aromatic N) is 5. The average molecular weight is 418 g/mol. The zero-order chi connectivity index (χ0) is 21.0. The fourth-order valence-corrected chi connectivity index (χ4v) is 4.31. The number of hydrogen-bond acceptors (Lipinski definition) is 7. The molecule has 1 aromatic heterocycles. The lowest BCUT2D eigenvalue weighted by molar-refractivity contribution is -0.151. The minimum atomic E-state index is -0.330.